The average molecular weight is 232 g/mol. The fourth-order valence-corrected chi connectivity index (χ4v) is 1.28. The third-order valence-electron chi connectivity index (χ3n) is 2.01. The van der Waals surface area contributed by atoms with E-state index in [1.54, 1.807) is 24.4 Å². The van der Waals surface area contributed by atoms with Gasteiger partial charge in [-0.25, -0.2) is 4.98 Å². The first-order valence-corrected chi connectivity index (χ1v) is 5.14. The molecule has 2 rings (SSSR count). The van der Waals surface area contributed by atoms with Gasteiger partial charge in [-0.3, -0.25) is 0 Å². The van der Waals surface area contributed by atoms with E-state index in [-0.39, 0.29) is 5.75 Å². The molecule has 0 amide bonds. The number of phenolic OH excluding ortho intramolecular Hbond substituents is 1. The molecule has 0 atom stereocenters. The molecule has 88 valence electrons. The molecular formula is C11H12N4O2. The van der Waals surface area contributed by atoms with Gasteiger partial charge < -0.3 is 9.84 Å². The minimum absolute atomic E-state index is 0.0920. The van der Waals surface area contributed by atoms with Crippen molar-refractivity contribution in [1.29, 1.82) is 0 Å². The number of aromatic nitrogens is 3. The molecule has 0 saturated heterocycles. The summed E-state index contributed by atoms with van der Waals surface area (Å²) in [5.74, 6) is 0.555. The lowest BCUT2D eigenvalue weighted by Gasteiger charge is -2.05. The van der Waals surface area contributed by atoms with Gasteiger partial charge in [0.1, 0.15) is 12.7 Å². The molecule has 0 aliphatic rings. The van der Waals surface area contributed by atoms with Crippen molar-refractivity contribution in [2.75, 3.05) is 6.61 Å². The zero-order valence-corrected chi connectivity index (χ0v) is 9.32. The molecule has 6 nitrogen and oxygen atoms in total. The predicted molar refractivity (Wildman–Crippen MR) is 62.3 cm³/mol. The van der Waals surface area contributed by atoms with E-state index in [0.717, 1.165) is 5.56 Å². The third kappa shape index (κ3) is 2.81. The van der Waals surface area contributed by atoms with Crippen molar-refractivity contribution in [3.63, 3.8) is 0 Å². The van der Waals surface area contributed by atoms with Crippen LogP contribution in [-0.4, -0.2) is 32.8 Å². The van der Waals surface area contributed by atoms with E-state index in [1.807, 2.05) is 6.92 Å². The van der Waals surface area contributed by atoms with Crippen LogP contribution in [0.3, 0.4) is 0 Å². The number of rotatable bonds is 4. The van der Waals surface area contributed by atoms with Crippen molar-refractivity contribution in [3.8, 4) is 11.5 Å². The van der Waals surface area contributed by atoms with Crippen LogP contribution in [-0.2, 0) is 0 Å². The zero-order chi connectivity index (χ0) is 12.1. The van der Waals surface area contributed by atoms with Crippen LogP contribution in [0.1, 0.15) is 12.5 Å². The van der Waals surface area contributed by atoms with Gasteiger partial charge in [0.15, 0.2) is 11.5 Å². The molecule has 0 aliphatic heterocycles. The SMILES string of the molecule is CCOc1ccc(/C=N/n2cncn2)cc1O. The number of hydrogen-bond donors (Lipinski definition) is 1. The highest BCUT2D eigenvalue weighted by atomic mass is 16.5. The molecule has 6 heteroatoms. The summed E-state index contributed by atoms with van der Waals surface area (Å²) in [6.07, 6.45) is 4.45. The minimum atomic E-state index is 0.0920. The molecule has 1 heterocycles. The van der Waals surface area contributed by atoms with Crippen LogP contribution in [0.5, 0.6) is 11.5 Å². The van der Waals surface area contributed by atoms with Gasteiger partial charge in [-0.15, -0.1) is 9.89 Å². The standard InChI is InChI=1S/C11H12N4O2/c1-2-17-11-4-3-9(5-10(11)16)6-13-15-8-12-7-14-15/h3-8,16H,2H2,1H3/b13-6+. The lowest BCUT2D eigenvalue weighted by atomic mass is 10.2. The summed E-state index contributed by atoms with van der Waals surface area (Å²) >= 11 is 0. The zero-order valence-electron chi connectivity index (χ0n) is 9.32. The van der Waals surface area contributed by atoms with Crippen LogP contribution >= 0.6 is 0 Å². The molecule has 0 bridgehead atoms. The molecule has 0 fully saturated rings. The molecule has 0 aliphatic carbocycles. The van der Waals surface area contributed by atoms with E-state index < -0.39 is 0 Å². The van der Waals surface area contributed by atoms with Crippen molar-refractivity contribution in [2.45, 2.75) is 6.92 Å². The van der Waals surface area contributed by atoms with Crippen LogP contribution < -0.4 is 4.74 Å². The van der Waals surface area contributed by atoms with Crippen LogP contribution in [0.4, 0.5) is 0 Å². The van der Waals surface area contributed by atoms with E-state index in [1.165, 1.54) is 17.4 Å². The molecule has 0 unspecified atom stereocenters. The summed E-state index contributed by atoms with van der Waals surface area (Å²) in [5, 5.41) is 17.5. The highest BCUT2D eigenvalue weighted by Crippen LogP contribution is 2.25. The van der Waals surface area contributed by atoms with Crippen molar-refractivity contribution < 1.29 is 9.84 Å². The molecular weight excluding hydrogens is 220 g/mol. The van der Waals surface area contributed by atoms with E-state index in [4.69, 9.17) is 4.74 Å². The van der Waals surface area contributed by atoms with Crippen molar-refractivity contribution >= 4 is 6.21 Å². The highest BCUT2D eigenvalue weighted by molar-refractivity contribution is 5.80. The fraction of sp³-hybridized carbons (Fsp3) is 0.182. The first-order valence-electron chi connectivity index (χ1n) is 5.14. The number of aromatic hydroxyl groups is 1. The van der Waals surface area contributed by atoms with Crippen LogP contribution in [0.25, 0.3) is 0 Å². The molecule has 0 saturated carbocycles. The Morgan fingerprint density at radius 2 is 2.41 bits per heavy atom. The van der Waals surface area contributed by atoms with E-state index >= 15 is 0 Å². The monoisotopic (exact) mass is 232 g/mol. The number of nitrogens with zero attached hydrogens (tertiary/aromatic N) is 4. The maximum absolute atomic E-state index is 9.66. The molecule has 2 aromatic rings. The Morgan fingerprint density at radius 3 is 3.06 bits per heavy atom. The summed E-state index contributed by atoms with van der Waals surface area (Å²) in [5.41, 5.74) is 0.751. The first-order chi connectivity index (χ1) is 8.29. The second kappa shape index (κ2) is 5.11. The second-order valence-electron chi connectivity index (χ2n) is 3.22. The Labute approximate surface area is 98.2 Å². The van der Waals surface area contributed by atoms with Crippen molar-refractivity contribution in [2.24, 2.45) is 5.10 Å². The van der Waals surface area contributed by atoms with Crippen LogP contribution in [0.2, 0.25) is 0 Å². The number of benzene rings is 1. The van der Waals surface area contributed by atoms with E-state index in [9.17, 15) is 5.11 Å². The van der Waals surface area contributed by atoms with Gasteiger partial charge in [0.25, 0.3) is 0 Å². The third-order valence-corrected chi connectivity index (χ3v) is 2.01. The summed E-state index contributed by atoms with van der Waals surface area (Å²) in [6.45, 7) is 2.37. The average Bonchev–Trinajstić information content (AvgIpc) is 2.83. The maximum atomic E-state index is 9.66. The second-order valence-corrected chi connectivity index (χ2v) is 3.22. The normalized spacial score (nSPS) is 10.9. The number of hydrogen-bond acceptors (Lipinski definition) is 5. The Hall–Kier alpha value is -2.37. The van der Waals surface area contributed by atoms with Gasteiger partial charge >= 0.3 is 0 Å². The lowest BCUT2D eigenvalue weighted by Crippen LogP contribution is -1.93. The predicted octanol–water partition coefficient (Wildman–Crippen LogP) is 1.26. The summed E-state index contributed by atoms with van der Waals surface area (Å²) < 4.78 is 5.22. The Kier molecular flexibility index (Phi) is 3.34. The Balaban J connectivity index is 2.15. The molecule has 0 radical (unpaired) electrons. The van der Waals surface area contributed by atoms with Gasteiger partial charge in [0.05, 0.1) is 12.8 Å². The van der Waals surface area contributed by atoms with Crippen molar-refractivity contribution in [1.82, 2.24) is 14.9 Å². The lowest BCUT2D eigenvalue weighted by molar-refractivity contribution is 0.318. The molecule has 1 aromatic carbocycles. The fourth-order valence-electron chi connectivity index (χ4n) is 1.28. The summed E-state index contributed by atoms with van der Waals surface area (Å²) in [4.78, 5) is 5.09. The molecule has 1 N–H and O–H groups in total. The number of phenols is 1. The maximum Gasteiger partial charge on any atom is 0.160 e. The van der Waals surface area contributed by atoms with Crippen LogP contribution in [0, 0.1) is 0 Å². The van der Waals surface area contributed by atoms with Gasteiger partial charge in [-0.05, 0) is 30.7 Å². The highest BCUT2D eigenvalue weighted by Gasteiger charge is 2.01. The minimum Gasteiger partial charge on any atom is -0.504 e. The smallest absolute Gasteiger partial charge is 0.160 e. The van der Waals surface area contributed by atoms with Gasteiger partial charge in [0, 0.05) is 0 Å². The number of ether oxygens (including phenoxy) is 1. The molecule has 1 aromatic heterocycles. The van der Waals surface area contributed by atoms with E-state index in [0.29, 0.717) is 12.4 Å². The van der Waals surface area contributed by atoms with E-state index in [2.05, 4.69) is 15.2 Å². The summed E-state index contributed by atoms with van der Waals surface area (Å²) in [7, 11) is 0. The molecule has 0 spiro atoms. The Morgan fingerprint density at radius 1 is 1.53 bits per heavy atom. The largest absolute Gasteiger partial charge is 0.504 e. The summed E-state index contributed by atoms with van der Waals surface area (Å²) in [6, 6.07) is 5.07. The van der Waals surface area contributed by atoms with Crippen LogP contribution in [0.15, 0.2) is 36.0 Å². The molecule has 17 heavy (non-hydrogen) atoms. The Bertz CT molecular complexity index is 508. The van der Waals surface area contributed by atoms with Gasteiger partial charge in [-0.2, -0.15) is 5.10 Å². The van der Waals surface area contributed by atoms with Gasteiger partial charge in [0.2, 0.25) is 0 Å². The first kappa shape index (κ1) is 11.1. The quantitative estimate of drug-likeness (QED) is 0.805. The van der Waals surface area contributed by atoms with Gasteiger partial charge in [-0.1, -0.05) is 0 Å². The topological polar surface area (TPSA) is 72.5 Å². The van der Waals surface area contributed by atoms with Crippen molar-refractivity contribution in [3.05, 3.63) is 36.4 Å².